The molecule has 0 spiro atoms. The quantitative estimate of drug-likeness (QED) is 0.522. The molecule has 0 saturated carbocycles. The van der Waals surface area contributed by atoms with E-state index in [0.717, 1.165) is 0 Å². The van der Waals surface area contributed by atoms with Gasteiger partial charge in [-0.25, -0.2) is 0 Å². The molecule has 0 unspecified atom stereocenters. The Labute approximate surface area is 137 Å². The molecule has 0 aliphatic carbocycles. The maximum absolute atomic E-state index is 11.4. The van der Waals surface area contributed by atoms with Crippen molar-refractivity contribution >= 4 is 7.82 Å². The zero-order valence-electron chi connectivity index (χ0n) is 14.2. The minimum absolute atomic E-state index is 0.109. The zero-order valence-corrected chi connectivity index (χ0v) is 15.1. The van der Waals surface area contributed by atoms with Crippen LogP contribution in [0.2, 0.25) is 0 Å². The number of rotatable bonds is 4. The Morgan fingerprint density at radius 2 is 1.04 bits per heavy atom. The van der Waals surface area contributed by atoms with E-state index >= 15 is 0 Å². The van der Waals surface area contributed by atoms with Gasteiger partial charge >= 0.3 is 12.4 Å². The van der Waals surface area contributed by atoms with Gasteiger partial charge in [-0.05, 0) is 0 Å². The Balaban J connectivity index is 0. The van der Waals surface area contributed by atoms with Crippen molar-refractivity contribution in [3.8, 4) is 0 Å². The number of hydrogen-bond acceptors (Lipinski definition) is 4. The monoisotopic (exact) mass is 389 g/mol. The lowest BCUT2D eigenvalue weighted by molar-refractivity contribution is -0.251. The van der Waals surface area contributed by atoms with Crippen molar-refractivity contribution < 1.29 is 44.8 Å². The first kappa shape index (κ1) is 25.9. The van der Waals surface area contributed by atoms with Gasteiger partial charge in [0, 0.05) is 0 Å². The van der Waals surface area contributed by atoms with Crippen LogP contribution in [-0.4, -0.2) is 36.6 Å². The summed E-state index contributed by atoms with van der Waals surface area (Å²) in [4.78, 5) is 10.3. The Bertz CT molecular complexity index is 378. The Kier molecular flexibility index (Phi) is 9.54. The van der Waals surface area contributed by atoms with Gasteiger partial charge in [0.1, 0.15) is 0 Å². The van der Waals surface area contributed by atoms with Crippen LogP contribution >= 0.6 is 7.82 Å². The summed E-state index contributed by atoms with van der Waals surface area (Å²) in [6.45, 7) is 8.28. The number of alkyl halides is 6. The summed E-state index contributed by atoms with van der Waals surface area (Å²) in [5, 5.41) is 4.54. The maximum atomic E-state index is 11.4. The van der Waals surface area contributed by atoms with Crippen molar-refractivity contribution in [1.82, 2.24) is 0 Å². The Hall–Kier alpha value is -0.350. The van der Waals surface area contributed by atoms with Gasteiger partial charge in [-0.2, -0.15) is 26.3 Å². The predicted molar refractivity (Wildman–Crippen MR) is 74.5 cm³/mol. The molecule has 24 heavy (non-hydrogen) atoms. The van der Waals surface area contributed by atoms with Crippen LogP contribution in [0.15, 0.2) is 0 Å². The third-order valence-corrected chi connectivity index (χ3v) is 2.33. The molecule has 5 nitrogen and oxygen atoms in total. The van der Waals surface area contributed by atoms with Crippen LogP contribution in [0.3, 0.4) is 0 Å². The van der Waals surface area contributed by atoms with E-state index in [-0.39, 0.29) is 11.1 Å². The summed E-state index contributed by atoms with van der Waals surface area (Å²) < 4.78 is 85.0. The molecule has 0 N–H and O–H groups in total. The van der Waals surface area contributed by atoms with Crippen molar-refractivity contribution in [2.75, 3.05) is 13.2 Å². The summed E-state index contributed by atoms with van der Waals surface area (Å²) in [5.41, 5.74) is 0.219. The maximum Gasteiger partial charge on any atom is 0.412 e. The average Bonchev–Trinajstić information content (AvgIpc) is 2.18. The van der Waals surface area contributed by atoms with Gasteiger partial charge in [0.05, 0.1) is 0 Å². The van der Waals surface area contributed by atoms with E-state index in [0.29, 0.717) is 0 Å². The van der Waals surface area contributed by atoms with Gasteiger partial charge in [0.25, 0.3) is 7.82 Å². The van der Waals surface area contributed by atoms with E-state index < -0.39 is 33.4 Å². The van der Waals surface area contributed by atoms with Crippen LogP contribution in [0.4, 0.5) is 26.3 Å². The molecule has 0 rings (SSSR count). The highest BCUT2D eigenvalue weighted by molar-refractivity contribution is 7.45. The van der Waals surface area contributed by atoms with E-state index in [9.17, 15) is 35.8 Å². The van der Waals surface area contributed by atoms with Gasteiger partial charge in [-0.1, -0.05) is 41.5 Å². The van der Waals surface area contributed by atoms with Crippen LogP contribution in [0.1, 0.15) is 41.5 Å². The second-order valence-corrected chi connectivity index (χ2v) is 8.09. The number of phosphoric acid groups is 1. The van der Waals surface area contributed by atoms with Gasteiger partial charge in [-0.15, -0.1) is 11.1 Å². The molecule has 0 aromatic heterocycles. The largest absolute Gasteiger partial charge is 0.756 e. The first-order valence-electron chi connectivity index (χ1n) is 6.60. The lowest BCUT2D eigenvalue weighted by Crippen LogP contribution is -2.25. The number of phosphoric ester groups is 1. The third-order valence-electron chi connectivity index (χ3n) is 1.44. The molecule has 0 heterocycles. The predicted octanol–water partition coefficient (Wildman–Crippen LogP) is 4.57. The third kappa shape index (κ3) is 23.9. The molecule has 0 fully saturated rings. The smallest absolute Gasteiger partial charge is 0.412 e. The summed E-state index contributed by atoms with van der Waals surface area (Å²) in [5.74, 6) is 0. The summed E-state index contributed by atoms with van der Waals surface area (Å²) in [7, 11) is -5.58. The molecular formula is C12H22F6NO4P-2. The highest BCUT2D eigenvalue weighted by Gasteiger charge is 2.33. The zero-order chi connectivity index (χ0) is 20.0. The topological polar surface area (TPSA) is 72.7 Å². The van der Waals surface area contributed by atoms with Crippen LogP contribution in [0.5, 0.6) is 0 Å². The number of nitrogens with zero attached hydrogens (tertiary/aromatic N) is 1. The Morgan fingerprint density at radius 3 is 1.17 bits per heavy atom. The minimum atomic E-state index is -5.58. The minimum Gasteiger partial charge on any atom is -0.756 e. The van der Waals surface area contributed by atoms with E-state index in [1.807, 2.05) is 0 Å². The second kappa shape index (κ2) is 8.84. The molecule has 0 aromatic rings. The highest BCUT2D eigenvalue weighted by Crippen LogP contribution is 2.41. The highest BCUT2D eigenvalue weighted by atomic mass is 31.2. The molecule has 148 valence electrons. The summed E-state index contributed by atoms with van der Waals surface area (Å²) >= 11 is 0. The van der Waals surface area contributed by atoms with Gasteiger partial charge in [-0.3, -0.25) is 4.57 Å². The molecule has 0 radical (unpaired) electrons. The first-order valence-corrected chi connectivity index (χ1v) is 8.06. The van der Waals surface area contributed by atoms with E-state index in [2.05, 4.69) is 55.9 Å². The van der Waals surface area contributed by atoms with Crippen molar-refractivity contribution in [2.45, 2.75) is 65.0 Å². The number of halogens is 6. The molecule has 0 aliphatic rings. The normalized spacial score (nSPS) is 14.2. The van der Waals surface area contributed by atoms with Crippen molar-refractivity contribution in [1.29, 1.82) is 0 Å². The van der Waals surface area contributed by atoms with Crippen molar-refractivity contribution in [3.05, 3.63) is 5.32 Å². The van der Waals surface area contributed by atoms with Crippen molar-refractivity contribution in [2.24, 2.45) is 0 Å². The van der Waals surface area contributed by atoms with E-state index in [4.69, 9.17) is 0 Å². The van der Waals surface area contributed by atoms with Crippen LogP contribution in [-0.2, 0) is 13.6 Å². The molecule has 0 saturated heterocycles. The number of hydrogen-bond donors (Lipinski definition) is 0. The fraction of sp³-hybridized carbons (Fsp3) is 1.00. The summed E-state index contributed by atoms with van der Waals surface area (Å²) in [6, 6.07) is 0. The molecule has 0 aromatic carbocycles. The van der Waals surface area contributed by atoms with Gasteiger partial charge in [0.2, 0.25) is 0 Å². The molecule has 0 amide bonds. The average molecular weight is 389 g/mol. The van der Waals surface area contributed by atoms with E-state index in [1.54, 1.807) is 0 Å². The SMILES string of the molecule is CC(C)(C)[N-]C(C)(C)C.O=P([O-])(OCC(F)(F)F)OCC(F)(F)F. The van der Waals surface area contributed by atoms with Crippen molar-refractivity contribution in [3.63, 3.8) is 0 Å². The lowest BCUT2D eigenvalue weighted by Gasteiger charge is -2.48. The molecule has 0 aliphatic heterocycles. The molecule has 0 atom stereocenters. The first-order chi connectivity index (χ1) is 10.1. The van der Waals surface area contributed by atoms with Gasteiger partial charge in [0.15, 0.2) is 13.2 Å². The van der Waals surface area contributed by atoms with Gasteiger partial charge < -0.3 is 19.3 Å². The molecule has 12 heteroatoms. The molecular weight excluding hydrogens is 367 g/mol. The van der Waals surface area contributed by atoms with Crippen LogP contribution in [0, 0.1) is 0 Å². The lowest BCUT2D eigenvalue weighted by atomic mass is 10.0. The van der Waals surface area contributed by atoms with E-state index in [1.165, 1.54) is 0 Å². The fourth-order valence-corrected chi connectivity index (χ4v) is 2.03. The Morgan fingerprint density at radius 1 is 0.792 bits per heavy atom. The van der Waals surface area contributed by atoms with Crippen LogP contribution in [0.25, 0.3) is 5.32 Å². The fourth-order valence-electron chi connectivity index (χ4n) is 1.35. The standard InChI is InChI=1S/C8H18N.C4H5F6O4P/c1-7(2,3)9-8(4,5)6;5-3(6,7)1-13-15(11,12)14-2-4(8,9)10/h1-6H3;1-2H2,(H,11,12)/q-1;/p-1. The summed E-state index contributed by atoms with van der Waals surface area (Å²) in [6.07, 6.45) is -9.94. The molecule has 0 bridgehead atoms. The second-order valence-electron chi connectivity index (χ2n) is 6.68. The van der Waals surface area contributed by atoms with Crippen LogP contribution < -0.4 is 4.89 Å².